The molecule has 24 heavy (non-hydrogen) atoms. The SMILES string of the molecule is c1ccc(CNc2ncnc3nc(-c4ccccc4)cnc23)cc1. The van der Waals surface area contributed by atoms with E-state index in [1.54, 1.807) is 6.20 Å². The van der Waals surface area contributed by atoms with Crippen molar-refractivity contribution >= 4 is 17.0 Å². The highest BCUT2D eigenvalue weighted by Gasteiger charge is 2.08. The Hall–Kier alpha value is -3.34. The Kier molecular flexibility index (Phi) is 3.81. The number of hydrogen-bond acceptors (Lipinski definition) is 5. The first-order valence-electron chi connectivity index (χ1n) is 7.71. The molecule has 0 saturated carbocycles. The lowest BCUT2D eigenvalue weighted by Gasteiger charge is -2.08. The summed E-state index contributed by atoms with van der Waals surface area (Å²) in [5, 5.41) is 3.31. The smallest absolute Gasteiger partial charge is 0.184 e. The maximum Gasteiger partial charge on any atom is 0.184 e. The van der Waals surface area contributed by atoms with E-state index in [4.69, 9.17) is 0 Å². The van der Waals surface area contributed by atoms with Gasteiger partial charge in [-0.25, -0.2) is 19.9 Å². The molecule has 0 bridgehead atoms. The fourth-order valence-electron chi connectivity index (χ4n) is 2.50. The van der Waals surface area contributed by atoms with E-state index in [1.165, 1.54) is 11.9 Å². The Morgan fingerprint density at radius 2 is 1.54 bits per heavy atom. The number of hydrogen-bond donors (Lipinski definition) is 1. The molecule has 0 fully saturated rings. The van der Waals surface area contributed by atoms with Crippen LogP contribution in [0.4, 0.5) is 5.82 Å². The lowest BCUT2D eigenvalue weighted by atomic mass is 10.2. The van der Waals surface area contributed by atoms with Crippen LogP contribution in [-0.2, 0) is 6.54 Å². The van der Waals surface area contributed by atoms with E-state index in [9.17, 15) is 0 Å². The molecule has 0 spiro atoms. The third-order valence-electron chi connectivity index (χ3n) is 3.72. The molecule has 0 aliphatic heterocycles. The number of rotatable bonds is 4. The van der Waals surface area contributed by atoms with Crippen molar-refractivity contribution in [3.8, 4) is 11.3 Å². The zero-order chi connectivity index (χ0) is 16.2. The van der Waals surface area contributed by atoms with Crippen LogP contribution in [0.2, 0.25) is 0 Å². The first-order valence-corrected chi connectivity index (χ1v) is 7.71. The summed E-state index contributed by atoms with van der Waals surface area (Å²) in [6.45, 7) is 0.676. The average Bonchev–Trinajstić information content (AvgIpc) is 2.67. The number of nitrogens with one attached hydrogen (secondary N) is 1. The second-order valence-electron chi connectivity index (χ2n) is 5.35. The minimum absolute atomic E-state index is 0.585. The van der Waals surface area contributed by atoms with Crippen molar-refractivity contribution in [2.75, 3.05) is 5.32 Å². The number of anilines is 1. The van der Waals surface area contributed by atoms with Gasteiger partial charge in [-0.3, -0.25) is 0 Å². The van der Waals surface area contributed by atoms with Crippen molar-refractivity contribution in [3.05, 3.63) is 78.8 Å². The predicted molar refractivity (Wildman–Crippen MR) is 94.3 cm³/mol. The van der Waals surface area contributed by atoms with Crippen LogP contribution < -0.4 is 5.32 Å². The Labute approximate surface area is 139 Å². The monoisotopic (exact) mass is 313 g/mol. The van der Waals surface area contributed by atoms with Gasteiger partial charge in [0.05, 0.1) is 11.9 Å². The molecular formula is C19H15N5. The Bertz CT molecular complexity index is 955. The Balaban J connectivity index is 1.65. The molecule has 1 N–H and O–H groups in total. The summed E-state index contributed by atoms with van der Waals surface area (Å²) in [7, 11) is 0. The molecule has 5 heteroatoms. The van der Waals surface area contributed by atoms with E-state index in [-0.39, 0.29) is 0 Å². The quantitative estimate of drug-likeness (QED) is 0.622. The van der Waals surface area contributed by atoms with E-state index in [1.807, 2.05) is 48.5 Å². The fraction of sp³-hybridized carbons (Fsp3) is 0.0526. The third-order valence-corrected chi connectivity index (χ3v) is 3.72. The van der Waals surface area contributed by atoms with Gasteiger partial charge in [-0.15, -0.1) is 0 Å². The van der Waals surface area contributed by atoms with Crippen LogP contribution in [-0.4, -0.2) is 19.9 Å². The molecule has 4 rings (SSSR count). The largest absolute Gasteiger partial charge is 0.364 e. The maximum absolute atomic E-state index is 4.61. The van der Waals surface area contributed by atoms with Gasteiger partial charge in [-0.2, -0.15) is 0 Å². The molecule has 2 aromatic carbocycles. The van der Waals surface area contributed by atoms with Gasteiger partial charge in [-0.1, -0.05) is 60.7 Å². The van der Waals surface area contributed by atoms with Gasteiger partial charge in [0, 0.05) is 12.1 Å². The molecule has 0 radical (unpaired) electrons. The second-order valence-corrected chi connectivity index (χ2v) is 5.35. The first-order chi connectivity index (χ1) is 11.9. The Morgan fingerprint density at radius 3 is 2.33 bits per heavy atom. The molecule has 0 saturated heterocycles. The minimum atomic E-state index is 0.585. The molecule has 2 aromatic heterocycles. The molecule has 2 heterocycles. The van der Waals surface area contributed by atoms with Gasteiger partial charge in [-0.05, 0) is 5.56 Å². The summed E-state index contributed by atoms with van der Waals surface area (Å²) in [6.07, 6.45) is 3.27. The highest BCUT2D eigenvalue weighted by atomic mass is 15.1. The number of nitrogens with zero attached hydrogens (tertiary/aromatic N) is 4. The summed E-state index contributed by atoms with van der Waals surface area (Å²) >= 11 is 0. The molecule has 0 amide bonds. The van der Waals surface area contributed by atoms with Crippen molar-refractivity contribution in [1.82, 2.24) is 19.9 Å². The van der Waals surface area contributed by atoms with Crippen LogP contribution >= 0.6 is 0 Å². The maximum atomic E-state index is 4.61. The van der Waals surface area contributed by atoms with Crippen LogP contribution in [0, 0.1) is 0 Å². The number of aromatic nitrogens is 4. The van der Waals surface area contributed by atoms with E-state index >= 15 is 0 Å². The first kappa shape index (κ1) is 14.3. The summed E-state index contributed by atoms with van der Waals surface area (Å²) < 4.78 is 0. The van der Waals surface area contributed by atoms with Gasteiger partial charge in [0.15, 0.2) is 11.5 Å². The summed E-state index contributed by atoms with van der Waals surface area (Å²) in [6, 6.07) is 20.1. The summed E-state index contributed by atoms with van der Waals surface area (Å²) in [5.41, 5.74) is 4.26. The van der Waals surface area contributed by atoms with Crippen LogP contribution in [0.3, 0.4) is 0 Å². The van der Waals surface area contributed by atoms with Gasteiger partial charge in [0.2, 0.25) is 0 Å². The number of fused-ring (bicyclic) bond motifs is 1. The zero-order valence-electron chi connectivity index (χ0n) is 12.9. The topological polar surface area (TPSA) is 63.6 Å². The fourth-order valence-corrected chi connectivity index (χ4v) is 2.50. The van der Waals surface area contributed by atoms with Crippen LogP contribution in [0.15, 0.2) is 73.2 Å². The zero-order valence-corrected chi connectivity index (χ0v) is 12.9. The van der Waals surface area contributed by atoms with E-state index in [2.05, 4.69) is 37.4 Å². The highest BCUT2D eigenvalue weighted by Crippen LogP contribution is 2.21. The van der Waals surface area contributed by atoms with Crippen molar-refractivity contribution < 1.29 is 0 Å². The van der Waals surface area contributed by atoms with Crippen molar-refractivity contribution in [3.63, 3.8) is 0 Å². The van der Waals surface area contributed by atoms with Crippen LogP contribution in [0.25, 0.3) is 22.4 Å². The summed E-state index contributed by atoms with van der Waals surface area (Å²) in [5.74, 6) is 0.691. The minimum Gasteiger partial charge on any atom is -0.364 e. The van der Waals surface area contributed by atoms with Crippen molar-refractivity contribution in [2.45, 2.75) is 6.54 Å². The molecule has 116 valence electrons. The van der Waals surface area contributed by atoms with Crippen molar-refractivity contribution in [2.24, 2.45) is 0 Å². The second kappa shape index (κ2) is 6.42. The summed E-state index contributed by atoms with van der Waals surface area (Å²) in [4.78, 5) is 17.7. The van der Waals surface area contributed by atoms with E-state index in [0.29, 0.717) is 23.5 Å². The predicted octanol–water partition coefficient (Wildman–Crippen LogP) is 3.70. The van der Waals surface area contributed by atoms with Gasteiger partial charge in [0.25, 0.3) is 0 Å². The number of benzene rings is 2. The lowest BCUT2D eigenvalue weighted by Crippen LogP contribution is -2.04. The van der Waals surface area contributed by atoms with Crippen molar-refractivity contribution in [1.29, 1.82) is 0 Å². The average molecular weight is 313 g/mol. The molecule has 0 unspecified atom stereocenters. The normalized spacial score (nSPS) is 10.7. The Morgan fingerprint density at radius 1 is 0.792 bits per heavy atom. The van der Waals surface area contributed by atoms with E-state index < -0.39 is 0 Å². The molecule has 0 atom stereocenters. The molecule has 4 aromatic rings. The standard InChI is InChI=1S/C19H15N5/c1-3-7-14(8-4-1)11-21-18-17-19(23-13-22-18)24-16(12-20-17)15-9-5-2-6-10-15/h1-10,12-13H,11H2,(H,21,22,23,24). The van der Waals surface area contributed by atoms with Gasteiger partial charge >= 0.3 is 0 Å². The molecule has 0 aliphatic carbocycles. The third kappa shape index (κ3) is 2.92. The molecular weight excluding hydrogens is 298 g/mol. The van der Waals surface area contributed by atoms with Crippen LogP contribution in [0.1, 0.15) is 5.56 Å². The highest BCUT2D eigenvalue weighted by molar-refractivity contribution is 5.83. The molecule has 5 nitrogen and oxygen atoms in total. The lowest BCUT2D eigenvalue weighted by molar-refractivity contribution is 1.08. The van der Waals surface area contributed by atoms with E-state index in [0.717, 1.165) is 11.3 Å². The van der Waals surface area contributed by atoms with Crippen LogP contribution in [0.5, 0.6) is 0 Å². The molecule has 0 aliphatic rings. The van der Waals surface area contributed by atoms with Gasteiger partial charge in [0.1, 0.15) is 11.8 Å². The van der Waals surface area contributed by atoms with Gasteiger partial charge < -0.3 is 5.32 Å².